The third kappa shape index (κ3) is 5.20. The van der Waals surface area contributed by atoms with E-state index in [4.69, 9.17) is 4.42 Å². The highest BCUT2D eigenvalue weighted by Gasteiger charge is 2.30. The number of hydrogen-bond acceptors (Lipinski definition) is 8. The number of hydrogen-bond donors (Lipinski definition) is 0. The number of nitrogens with zero attached hydrogens (tertiary/aromatic N) is 4. The van der Waals surface area contributed by atoms with Gasteiger partial charge in [0.25, 0.3) is 11.6 Å². The summed E-state index contributed by atoms with van der Waals surface area (Å²) in [6.45, 7) is 4.02. The lowest BCUT2D eigenvalue weighted by Gasteiger charge is -2.37. The van der Waals surface area contributed by atoms with Gasteiger partial charge in [-0.05, 0) is 64.2 Å². The lowest BCUT2D eigenvalue weighted by atomic mass is 10.0. The Morgan fingerprint density at radius 1 is 1.38 bits per heavy atom. The van der Waals surface area contributed by atoms with Gasteiger partial charge in [-0.15, -0.1) is 11.3 Å². The molecule has 0 radical (unpaired) electrons. The first-order valence-corrected chi connectivity index (χ1v) is 12.0. The minimum atomic E-state index is -0.438. The molecule has 0 atom stereocenters. The van der Waals surface area contributed by atoms with Gasteiger partial charge in [0, 0.05) is 28.7 Å². The van der Waals surface area contributed by atoms with Crippen LogP contribution >= 0.6 is 23.1 Å². The summed E-state index contributed by atoms with van der Waals surface area (Å²) in [6, 6.07) is 8.39. The van der Waals surface area contributed by atoms with Crippen molar-refractivity contribution in [1.29, 1.82) is 0 Å². The molecule has 10 heteroatoms. The maximum atomic E-state index is 13.5. The predicted octanol–water partition coefficient (Wildman–Crippen LogP) is 4.84. The van der Waals surface area contributed by atoms with Gasteiger partial charge in [-0.25, -0.2) is 4.98 Å². The summed E-state index contributed by atoms with van der Waals surface area (Å²) in [6.07, 6.45) is 3.29. The van der Waals surface area contributed by atoms with Gasteiger partial charge in [-0.3, -0.25) is 14.9 Å². The second-order valence-corrected chi connectivity index (χ2v) is 9.99. The van der Waals surface area contributed by atoms with Crippen molar-refractivity contribution in [3.05, 3.63) is 69.1 Å². The predicted molar refractivity (Wildman–Crippen MR) is 123 cm³/mol. The van der Waals surface area contributed by atoms with Gasteiger partial charge in [0.05, 0.1) is 22.6 Å². The van der Waals surface area contributed by atoms with Gasteiger partial charge in [-0.2, -0.15) is 0 Å². The van der Waals surface area contributed by atoms with Gasteiger partial charge >= 0.3 is 0 Å². The molecule has 168 valence electrons. The zero-order chi connectivity index (χ0) is 22.7. The van der Waals surface area contributed by atoms with Crippen LogP contribution in [0, 0.1) is 17.0 Å². The first-order chi connectivity index (χ1) is 15.4. The smallest absolute Gasteiger partial charge is 0.284 e. The third-order valence-corrected chi connectivity index (χ3v) is 7.62. The number of carbonyl (C=O) groups is 1. The largest absolute Gasteiger partial charge is 0.467 e. The van der Waals surface area contributed by atoms with Crippen LogP contribution in [0.15, 0.2) is 55.6 Å². The van der Waals surface area contributed by atoms with Crippen LogP contribution in [0.4, 0.5) is 5.69 Å². The minimum Gasteiger partial charge on any atom is -0.467 e. The Morgan fingerprint density at radius 3 is 2.78 bits per heavy atom. The number of nitro groups is 1. The average molecular weight is 473 g/mol. The molecule has 32 heavy (non-hydrogen) atoms. The first-order valence-electron chi connectivity index (χ1n) is 10.3. The number of benzene rings is 1. The summed E-state index contributed by atoms with van der Waals surface area (Å²) in [4.78, 5) is 33.8. The summed E-state index contributed by atoms with van der Waals surface area (Å²) < 4.78 is 6.22. The van der Waals surface area contributed by atoms with E-state index in [1.807, 2.05) is 18.4 Å². The van der Waals surface area contributed by atoms with E-state index in [2.05, 4.69) is 16.9 Å². The summed E-state index contributed by atoms with van der Waals surface area (Å²) in [7, 11) is 2.07. The van der Waals surface area contributed by atoms with Gasteiger partial charge in [0.15, 0.2) is 4.34 Å². The van der Waals surface area contributed by atoms with E-state index in [1.54, 1.807) is 29.4 Å². The van der Waals surface area contributed by atoms with E-state index < -0.39 is 4.92 Å². The highest BCUT2D eigenvalue weighted by molar-refractivity contribution is 8.01. The van der Waals surface area contributed by atoms with E-state index in [9.17, 15) is 14.9 Å². The van der Waals surface area contributed by atoms with Crippen molar-refractivity contribution in [2.45, 2.75) is 41.6 Å². The van der Waals surface area contributed by atoms with Crippen molar-refractivity contribution < 1.29 is 14.1 Å². The highest BCUT2D eigenvalue weighted by Crippen LogP contribution is 2.37. The molecule has 0 N–H and O–H groups in total. The van der Waals surface area contributed by atoms with Gasteiger partial charge < -0.3 is 14.2 Å². The number of nitro benzene ring substituents is 1. The van der Waals surface area contributed by atoms with Crippen LogP contribution < -0.4 is 0 Å². The minimum absolute atomic E-state index is 0.0511. The fraction of sp³-hybridized carbons (Fsp3) is 0.364. The summed E-state index contributed by atoms with van der Waals surface area (Å²) >= 11 is 2.69. The monoisotopic (exact) mass is 472 g/mol. The highest BCUT2D eigenvalue weighted by atomic mass is 32.2. The molecule has 0 spiro atoms. The fourth-order valence-electron chi connectivity index (χ4n) is 3.76. The molecule has 3 aromatic rings. The lowest BCUT2D eigenvalue weighted by molar-refractivity contribution is -0.387. The second kappa shape index (κ2) is 9.85. The van der Waals surface area contributed by atoms with Crippen LogP contribution in [0.3, 0.4) is 0 Å². The van der Waals surface area contributed by atoms with Crippen LogP contribution in [0.2, 0.25) is 0 Å². The fourth-order valence-corrected chi connectivity index (χ4v) is 5.64. The van der Waals surface area contributed by atoms with Crippen LogP contribution in [0.5, 0.6) is 0 Å². The molecule has 1 aliphatic rings. The summed E-state index contributed by atoms with van der Waals surface area (Å²) in [5, 5.41) is 13.7. The van der Waals surface area contributed by atoms with Crippen molar-refractivity contribution in [2.24, 2.45) is 0 Å². The molecule has 4 rings (SSSR count). The van der Waals surface area contributed by atoms with E-state index in [1.165, 1.54) is 29.2 Å². The van der Waals surface area contributed by atoms with Crippen LogP contribution in [-0.2, 0) is 6.54 Å². The molecule has 1 fully saturated rings. The van der Waals surface area contributed by atoms with Crippen LogP contribution in [0.1, 0.15) is 34.7 Å². The molecular formula is C22H24N4O4S2. The third-order valence-electron chi connectivity index (χ3n) is 5.49. The maximum Gasteiger partial charge on any atom is 0.284 e. The number of rotatable bonds is 7. The van der Waals surface area contributed by atoms with E-state index >= 15 is 0 Å². The molecule has 0 saturated carbocycles. The number of furan rings is 1. The topological polar surface area (TPSA) is 92.7 Å². The number of aromatic nitrogens is 1. The Kier molecular flexibility index (Phi) is 6.92. The molecule has 1 saturated heterocycles. The molecule has 0 aliphatic carbocycles. The second-order valence-electron chi connectivity index (χ2n) is 7.84. The SMILES string of the molecule is Cc1csc(Sc2ccc(C(=O)N(Cc3ccco3)C3CCN(C)CC3)cc2[N+](=O)[O-])n1. The van der Waals surface area contributed by atoms with E-state index in [0.717, 1.165) is 36.0 Å². The Hall–Kier alpha value is -2.69. The quantitative estimate of drug-likeness (QED) is 0.359. The summed E-state index contributed by atoms with van der Waals surface area (Å²) in [5.74, 6) is 0.471. The number of aryl methyl sites for hydroxylation is 1. The average Bonchev–Trinajstić information content (AvgIpc) is 3.44. The Balaban J connectivity index is 1.62. The number of likely N-dealkylation sites (tertiary alicyclic amines) is 1. The van der Waals surface area contributed by atoms with Gasteiger partial charge in [0.1, 0.15) is 5.76 Å². The Bertz CT molecular complexity index is 1090. The van der Waals surface area contributed by atoms with Gasteiger partial charge in [-0.1, -0.05) is 11.8 Å². The number of thiazole rings is 1. The van der Waals surface area contributed by atoms with Crippen LogP contribution in [-0.4, -0.2) is 51.8 Å². The van der Waals surface area contributed by atoms with E-state index in [0.29, 0.717) is 22.8 Å². The number of carbonyl (C=O) groups excluding carboxylic acids is 1. The lowest BCUT2D eigenvalue weighted by Crippen LogP contribution is -2.46. The molecule has 0 unspecified atom stereocenters. The number of piperidine rings is 1. The molecule has 0 bridgehead atoms. The molecular weight excluding hydrogens is 448 g/mol. The van der Waals surface area contributed by atoms with Crippen molar-refractivity contribution in [3.8, 4) is 0 Å². The van der Waals surface area contributed by atoms with Crippen molar-refractivity contribution in [2.75, 3.05) is 20.1 Å². The van der Waals surface area contributed by atoms with Crippen molar-refractivity contribution in [1.82, 2.24) is 14.8 Å². The Morgan fingerprint density at radius 2 is 2.16 bits per heavy atom. The molecule has 1 amide bonds. The van der Waals surface area contributed by atoms with Crippen molar-refractivity contribution in [3.63, 3.8) is 0 Å². The van der Waals surface area contributed by atoms with Gasteiger partial charge in [0.2, 0.25) is 0 Å². The molecule has 2 aromatic heterocycles. The first kappa shape index (κ1) is 22.5. The zero-order valence-electron chi connectivity index (χ0n) is 17.9. The maximum absolute atomic E-state index is 13.5. The standard InChI is InChI=1S/C22H24N4O4S2/c1-15-14-31-22(23-15)32-20-6-5-16(12-19(20)26(28)29)21(27)25(13-18-4-3-11-30-18)17-7-9-24(2)10-8-17/h3-6,11-12,14,17H,7-10,13H2,1-2H3. The zero-order valence-corrected chi connectivity index (χ0v) is 19.5. The normalized spacial score (nSPS) is 15.1. The van der Waals surface area contributed by atoms with Crippen molar-refractivity contribution >= 4 is 34.7 Å². The molecule has 3 heterocycles. The number of amides is 1. The van der Waals surface area contributed by atoms with E-state index in [-0.39, 0.29) is 17.6 Å². The molecule has 8 nitrogen and oxygen atoms in total. The summed E-state index contributed by atoms with van der Waals surface area (Å²) in [5.41, 5.74) is 1.09. The molecule has 1 aromatic carbocycles. The Labute approximate surface area is 194 Å². The van der Waals surface area contributed by atoms with Crippen LogP contribution in [0.25, 0.3) is 0 Å². The molecule has 1 aliphatic heterocycles.